The number of benzene rings is 1. The number of anilines is 1. The Morgan fingerprint density at radius 2 is 1.75 bits per heavy atom. The standard InChI is InChI=1S/C26H36N5O8P/c1-4-39-26(34)31-12-10-30(11-13-31)25(33)23(18-40(35,36)37)28-24(32)22-17-20(29(2)14-15-38-3)16-21(27-22)19-8-6-5-7-9-19/h5-9,16-17,23H,4,10-15,18H2,1-3H3,(H,28,32)(H2,35,36,37). The predicted molar refractivity (Wildman–Crippen MR) is 148 cm³/mol. The highest BCUT2D eigenvalue weighted by Crippen LogP contribution is 2.35. The molecule has 0 spiro atoms. The second-order valence-electron chi connectivity index (χ2n) is 9.26. The van der Waals surface area contributed by atoms with E-state index >= 15 is 0 Å². The maximum Gasteiger partial charge on any atom is 0.409 e. The molecule has 218 valence electrons. The van der Waals surface area contributed by atoms with Crippen LogP contribution in [0.4, 0.5) is 10.5 Å². The third kappa shape index (κ3) is 8.75. The molecule has 1 aromatic heterocycles. The monoisotopic (exact) mass is 577 g/mol. The first-order valence-electron chi connectivity index (χ1n) is 12.9. The molecule has 14 heteroatoms. The highest BCUT2D eigenvalue weighted by atomic mass is 31.2. The van der Waals surface area contributed by atoms with Gasteiger partial charge in [-0.3, -0.25) is 14.2 Å². The molecular weight excluding hydrogens is 541 g/mol. The summed E-state index contributed by atoms with van der Waals surface area (Å²) in [6, 6.07) is 11.1. The van der Waals surface area contributed by atoms with Gasteiger partial charge in [-0.25, -0.2) is 9.78 Å². The van der Waals surface area contributed by atoms with Gasteiger partial charge in [0.15, 0.2) is 0 Å². The minimum absolute atomic E-state index is 0.0173. The number of aromatic nitrogens is 1. The van der Waals surface area contributed by atoms with Crippen molar-refractivity contribution in [3.8, 4) is 11.3 Å². The fourth-order valence-electron chi connectivity index (χ4n) is 4.17. The van der Waals surface area contributed by atoms with Gasteiger partial charge in [0.1, 0.15) is 11.7 Å². The molecule has 0 aliphatic carbocycles. The molecule has 3 rings (SSSR count). The number of amides is 3. The van der Waals surface area contributed by atoms with Crippen molar-refractivity contribution in [2.75, 3.05) is 71.2 Å². The van der Waals surface area contributed by atoms with Crippen molar-refractivity contribution in [1.29, 1.82) is 0 Å². The summed E-state index contributed by atoms with van der Waals surface area (Å²) in [5.41, 5.74) is 1.93. The number of nitrogens with one attached hydrogen (secondary N) is 1. The van der Waals surface area contributed by atoms with Gasteiger partial charge in [-0.05, 0) is 19.1 Å². The topological polar surface area (TPSA) is 162 Å². The van der Waals surface area contributed by atoms with E-state index in [1.54, 1.807) is 20.1 Å². The number of piperazine rings is 1. The predicted octanol–water partition coefficient (Wildman–Crippen LogP) is 1.41. The van der Waals surface area contributed by atoms with Gasteiger partial charge in [-0.1, -0.05) is 30.3 Å². The Kier molecular flexibility index (Phi) is 11.0. The zero-order chi connectivity index (χ0) is 29.3. The van der Waals surface area contributed by atoms with Crippen molar-refractivity contribution >= 4 is 31.2 Å². The van der Waals surface area contributed by atoms with Crippen LogP contribution in [0, 0.1) is 0 Å². The van der Waals surface area contributed by atoms with Gasteiger partial charge in [0.2, 0.25) is 5.91 Å². The molecular formula is C26H36N5O8P. The molecule has 0 saturated carbocycles. The average Bonchev–Trinajstić information content (AvgIpc) is 2.94. The van der Waals surface area contributed by atoms with Gasteiger partial charge in [0.25, 0.3) is 5.91 Å². The number of ether oxygens (including phenoxy) is 2. The Morgan fingerprint density at radius 3 is 2.35 bits per heavy atom. The van der Waals surface area contributed by atoms with Crippen LogP contribution < -0.4 is 10.2 Å². The molecule has 2 aromatic rings. The van der Waals surface area contributed by atoms with Crippen LogP contribution in [0.5, 0.6) is 0 Å². The number of carbonyl (C=O) groups excluding carboxylic acids is 3. The second kappa shape index (κ2) is 14.2. The Hall–Kier alpha value is -3.51. The lowest BCUT2D eigenvalue weighted by Crippen LogP contribution is -2.56. The molecule has 3 amide bonds. The molecule has 1 aromatic carbocycles. The largest absolute Gasteiger partial charge is 0.450 e. The van der Waals surface area contributed by atoms with Crippen LogP contribution in [0.25, 0.3) is 11.3 Å². The summed E-state index contributed by atoms with van der Waals surface area (Å²) in [5, 5.41) is 2.50. The SMILES string of the molecule is CCOC(=O)N1CCN(C(=O)C(CP(=O)(O)O)NC(=O)c2cc(N(C)CCOC)cc(-c3ccccc3)n2)CC1. The molecule has 1 aliphatic heterocycles. The summed E-state index contributed by atoms with van der Waals surface area (Å²) < 4.78 is 22.1. The van der Waals surface area contributed by atoms with Gasteiger partial charge < -0.3 is 39.3 Å². The van der Waals surface area contributed by atoms with E-state index in [-0.39, 0.29) is 38.5 Å². The summed E-state index contributed by atoms with van der Waals surface area (Å²) >= 11 is 0. The van der Waals surface area contributed by atoms with Crippen LogP contribution in [0.15, 0.2) is 42.5 Å². The molecule has 1 unspecified atom stereocenters. The maximum absolute atomic E-state index is 13.4. The summed E-state index contributed by atoms with van der Waals surface area (Å²) in [6.07, 6.45) is -1.38. The molecule has 0 bridgehead atoms. The number of rotatable bonds is 11. The molecule has 40 heavy (non-hydrogen) atoms. The van der Waals surface area contributed by atoms with E-state index < -0.39 is 37.7 Å². The van der Waals surface area contributed by atoms with Crippen LogP contribution in [0.2, 0.25) is 0 Å². The first-order valence-corrected chi connectivity index (χ1v) is 14.7. The quantitative estimate of drug-likeness (QED) is 0.333. The Morgan fingerprint density at radius 1 is 1.10 bits per heavy atom. The molecule has 1 fully saturated rings. The van der Waals surface area contributed by atoms with Crippen molar-refractivity contribution in [1.82, 2.24) is 20.1 Å². The lowest BCUT2D eigenvalue weighted by molar-refractivity contribution is -0.134. The minimum Gasteiger partial charge on any atom is -0.450 e. The number of hydrogen-bond acceptors (Lipinski definition) is 8. The first-order chi connectivity index (χ1) is 19.0. The Labute approximate surface area is 233 Å². The highest BCUT2D eigenvalue weighted by Gasteiger charge is 2.35. The van der Waals surface area contributed by atoms with E-state index in [9.17, 15) is 28.7 Å². The summed E-state index contributed by atoms with van der Waals surface area (Å²) in [5.74, 6) is -1.41. The smallest absolute Gasteiger partial charge is 0.409 e. The highest BCUT2D eigenvalue weighted by molar-refractivity contribution is 7.51. The first kappa shape index (κ1) is 31.0. The zero-order valence-corrected chi connectivity index (χ0v) is 23.8. The van der Waals surface area contributed by atoms with E-state index in [0.717, 1.165) is 5.56 Å². The van der Waals surface area contributed by atoms with Gasteiger partial charge >= 0.3 is 13.7 Å². The average molecular weight is 578 g/mol. The van der Waals surface area contributed by atoms with Gasteiger partial charge in [-0.2, -0.15) is 0 Å². The van der Waals surface area contributed by atoms with Crippen LogP contribution >= 0.6 is 7.60 Å². The van der Waals surface area contributed by atoms with Crippen molar-refractivity contribution in [2.24, 2.45) is 0 Å². The maximum atomic E-state index is 13.4. The number of nitrogens with zero attached hydrogens (tertiary/aromatic N) is 4. The zero-order valence-electron chi connectivity index (χ0n) is 22.9. The lowest BCUT2D eigenvalue weighted by Gasteiger charge is -2.36. The van der Waals surface area contributed by atoms with Crippen LogP contribution in [-0.4, -0.2) is 115 Å². The molecule has 13 nitrogen and oxygen atoms in total. The fraction of sp³-hybridized carbons (Fsp3) is 0.462. The van der Waals surface area contributed by atoms with Crippen LogP contribution in [-0.2, 0) is 18.8 Å². The second-order valence-corrected chi connectivity index (χ2v) is 11.0. The number of carbonyl (C=O) groups is 3. The summed E-state index contributed by atoms with van der Waals surface area (Å²) in [7, 11) is -1.27. The van der Waals surface area contributed by atoms with Crippen LogP contribution in [0.1, 0.15) is 17.4 Å². The lowest BCUT2D eigenvalue weighted by atomic mass is 10.1. The van der Waals surface area contributed by atoms with Crippen LogP contribution in [0.3, 0.4) is 0 Å². The molecule has 1 saturated heterocycles. The van der Waals surface area contributed by atoms with Crippen molar-refractivity contribution < 1.29 is 38.2 Å². The Balaban J connectivity index is 1.85. The number of hydrogen-bond donors (Lipinski definition) is 3. The molecule has 3 N–H and O–H groups in total. The summed E-state index contributed by atoms with van der Waals surface area (Å²) in [4.78, 5) is 67.2. The number of pyridine rings is 1. The van der Waals surface area contributed by atoms with E-state index in [0.29, 0.717) is 24.5 Å². The molecule has 1 aliphatic rings. The fourth-order valence-corrected chi connectivity index (χ4v) is 4.89. The van der Waals surface area contributed by atoms with Gasteiger partial charge in [-0.15, -0.1) is 0 Å². The van der Waals surface area contributed by atoms with E-state index in [2.05, 4.69) is 10.3 Å². The summed E-state index contributed by atoms with van der Waals surface area (Å²) in [6.45, 7) is 3.53. The molecule has 0 radical (unpaired) electrons. The van der Waals surface area contributed by atoms with E-state index in [1.165, 1.54) is 9.80 Å². The normalized spacial score (nSPS) is 14.4. The van der Waals surface area contributed by atoms with Gasteiger partial charge in [0.05, 0.1) is 25.1 Å². The van der Waals surface area contributed by atoms with Crippen molar-refractivity contribution in [2.45, 2.75) is 13.0 Å². The third-order valence-electron chi connectivity index (χ3n) is 6.33. The Bertz CT molecular complexity index is 1220. The number of likely N-dealkylation sites (N-methyl/N-ethyl adjacent to an activating group) is 1. The van der Waals surface area contributed by atoms with Crippen molar-refractivity contribution in [3.63, 3.8) is 0 Å². The van der Waals surface area contributed by atoms with Gasteiger partial charge in [0, 0.05) is 58.1 Å². The van der Waals surface area contributed by atoms with E-state index in [4.69, 9.17) is 9.47 Å². The van der Waals surface area contributed by atoms with Crippen molar-refractivity contribution in [3.05, 3.63) is 48.2 Å². The van der Waals surface area contributed by atoms with E-state index in [1.807, 2.05) is 48.3 Å². The molecule has 1 atom stereocenters. The third-order valence-corrected chi connectivity index (χ3v) is 7.17. The minimum atomic E-state index is -4.70. The molecule has 2 heterocycles. The number of methoxy groups -OCH3 is 1.